The smallest absolute Gasteiger partial charge is 0.410 e. The number of carbonyl (C=O) groups is 1. The monoisotopic (exact) mass is 248 g/mol. The third-order valence-corrected chi connectivity index (χ3v) is 3.22. The summed E-state index contributed by atoms with van der Waals surface area (Å²) in [5.74, 6) is 0.659. The van der Waals surface area contributed by atoms with Crippen molar-refractivity contribution in [3.63, 3.8) is 0 Å². The number of nitrogens with one attached hydrogen (secondary N) is 2. The third-order valence-electron chi connectivity index (χ3n) is 3.22. The summed E-state index contributed by atoms with van der Waals surface area (Å²) >= 11 is 0. The Morgan fingerprint density at radius 1 is 1.39 bits per heavy atom. The topological polar surface area (TPSA) is 50.4 Å². The molecule has 1 aliphatic heterocycles. The van der Waals surface area contributed by atoms with E-state index in [2.05, 4.69) is 10.6 Å². The number of benzene rings is 1. The number of piperidine rings is 1. The zero-order chi connectivity index (χ0) is 12.8. The first kappa shape index (κ1) is 12.9. The molecule has 4 heteroatoms. The maximum absolute atomic E-state index is 11.8. The predicted octanol–water partition coefficient (Wildman–Crippen LogP) is 2.09. The Labute approximate surface area is 108 Å². The third kappa shape index (κ3) is 3.47. The van der Waals surface area contributed by atoms with Crippen molar-refractivity contribution in [1.29, 1.82) is 0 Å². The molecule has 18 heavy (non-hydrogen) atoms. The van der Waals surface area contributed by atoms with E-state index < -0.39 is 0 Å². The number of hydrogen-bond donors (Lipinski definition) is 2. The van der Waals surface area contributed by atoms with Crippen molar-refractivity contribution in [3.05, 3.63) is 29.8 Å². The van der Waals surface area contributed by atoms with E-state index in [0.717, 1.165) is 37.9 Å². The summed E-state index contributed by atoms with van der Waals surface area (Å²) in [6.45, 7) is 3.96. The van der Waals surface area contributed by atoms with Crippen LogP contribution in [0.3, 0.4) is 0 Å². The maximum Gasteiger partial charge on any atom is 0.412 e. The molecule has 0 saturated carbocycles. The standard InChI is InChI=1S/C14H20N2O2/c1-2-11-5-3-4-6-13(11)18-14(17)16-12-7-9-15-10-8-12/h3-6,12,15H,2,7-10H2,1H3,(H,16,17). The Morgan fingerprint density at radius 2 is 2.11 bits per heavy atom. The van der Waals surface area contributed by atoms with Gasteiger partial charge in [-0.3, -0.25) is 0 Å². The number of aryl methyl sites for hydroxylation is 1. The fraction of sp³-hybridized carbons (Fsp3) is 0.500. The molecule has 0 aromatic heterocycles. The van der Waals surface area contributed by atoms with Crippen molar-refractivity contribution < 1.29 is 9.53 Å². The minimum atomic E-state index is -0.345. The highest BCUT2D eigenvalue weighted by Crippen LogP contribution is 2.18. The highest BCUT2D eigenvalue weighted by molar-refractivity contribution is 5.71. The number of ether oxygens (including phenoxy) is 1. The van der Waals surface area contributed by atoms with Crippen molar-refractivity contribution in [1.82, 2.24) is 10.6 Å². The fourth-order valence-electron chi connectivity index (χ4n) is 2.16. The first-order valence-electron chi connectivity index (χ1n) is 6.56. The Kier molecular flexibility index (Phi) is 4.59. The van der Waals surface area contributed by atoms with Crippen molar-refractivity contribution >= 4 is 6.09 Å². The van der Waals surface area contributed by atoms with E-state index >= 15 is 0 Å². The highest BCUT2D eigenvalue weighted by atomic mass is 16.6. The summed E-state index contributed by atoms with van der Waals surface area (Å²) in [7, 11) is 0. The van der Waals surface area contributed by atoms with Crippen LogP contribution in [0.2, 0.25) is 0 Å². The second kappa shape index (κ2) is 6.40. The van der Waals surface area contributed by atoms with E-state index in [4.69, 9.17) is 4.74 Å². The minimum Gasteiger partial charge on any atom is -0.410 e. The van der Waals surface area contributed by atoms with Crippen LogP contribution in [0.1, 0.15) is 25.3 Å². The fourth-order valence-corrected chi connectivity index (χ4v) is 2.16. The van der Waals surface area contributed by atoms with Crippen molar-refractivity contribution in [2.45, 2.75) is 32.2 Å². The molecular formula is C14H20N2O2. The number of para-hydroxylation sites is 1. The van der Waals surface area contributed by atoms with Crippen molar-refractivity contribution in [3.8, 4) is 5.75 Å². The zero-order valence-corrected chi connectivity index (χ0v) is 10.7. The molecule has 0 atom stereocenters. The van der Waals surface area contributed by atoms with E-state index in [1.807, 2.05) is 31.2 Å². The van der Waals surface area contributed by atoms with Gasteiger partial charge in [0.2, 0.25) is 0 Å². The van der Waals surface area contributed by atoms with Crippen LogP contribution in [0.5, 0.6) is 5.75 Å². The van der Waals surface area contributed by atoms with Gasteiger partial charge in [-0.1, -0.05) is 25.1 Å². The summed E-state index contributed by atoms with van der Waals surface area (Å²) in [5.41, 5.74) is 1.05. The van der Waals surface area contributed by atoms with Gasteiger partial charge in [0.1, 0.15) is 5.75 Å². The second-order valence-electron chi connectivity index (χ2n) is 4.52. The van der Waals surface area contributed by atoms with Crippen LogP contribution >= 0.6 is 0 Å². The second-order valence-corrected chi connectivity index (χ2v) is 4.52. The molecule has 4 nitrogen and oxygen atoms in total. The van der Waals surface area contributed by atoms with Gasteiger partial charge in [-0.15, -0.1) is 0 Å². The van der Waals surface area contributed by atoms with Gasteiger partial charge in [0.25, 0.3) is 0 Å². The van der Waals surface area contributed by atoms with Crippen LogP contribution < -0.4 is 15.4 Å². The predicted molar refractivity (Wildman–Crippen MR) is 70.9 cm³/mol. The molecule has 0 aliphatic carbocycles. The molecule has 0 radical (unpaired) electrons. The summed E-state index contributed by atoms with van der Waals surface area (Å²) in [6.07, 6.45) is 2.44. The highest BCUT2D eigenvalue weighted by Gasteiger charge is 2.16. The van der Waals surface area contributed by atoms with Crippen LogP contribution in [0.15, 0.2) is 24.3 Å². The molecule has 1 saturated heterocycles. The molecule has 1 amide bonds. The lowest BCUT2D eigenvalue weighted by molar-refractivity contribution is 0.192. The van der Waals surface area contributed by atoms with Gasteiger partial charge in [-0.25, -0.2) is 4.79 Å². The van der Waals surface area contributed by atoms with Gasteiger partial charge >= 0.3 is 6.09 Å². The Balaban J connectivity index is 1.90. The van der Waals surface area contributed by atoms with Crippen molar-refractivity contribution in [2.75, 3.05) is 13.1 Å². The first-order valence-corrected chi connectivity index (χ1v) is 6.56. The Hall–Kier alpha value is -1.55. The van der Waals surface area contributed by atoms with E-state index in [1.165, 1.54) is 0 Å². The molecule has 0 spiro atoms. The molecule has 1 aromatic rings. The summed E-state index contributed by atoms with van der Waals surface area (Å²) in [5, 5.41) is 6.18. The molecule has 2 N–H and O–H groups in total. The van der Waals surface area contributed by atoms with E-state index in [1.54, 1.807) is 0 Å². The van der Waals surface area contributed by atoms with Crippen LogP contribution in [0.4, 0.5) is 4.79 Å². The van der Waals surface area contributed by atoms with Gasteiger partial charge in [-0.05, 0) is 44.0 Å². The molecule has 0 unspecified atom stereocenters. The molecule has 98 valence electrons. The van der Waals surface area contributed by atoms with Gasteiger partial charge in [0, 0.05) is 6.04 Å². The minimum absolute atomic E-state index is 0.229. The summed E-state index contributed by atoms with van der Waals surface area (Å²) in [4.78, 5) is 11.8. The molecule has 1 heterocycles. The molecule has 1 fully saturated rings. The van der Waals surface area contributed by atoms with Crippen LogP contribution in [0, 0.1) is 0 Å². The molecule has 1 aliphatic rings. The summed E-state index contributed by atoms with van der Waals surface area (Å²) in [6, 6.07) is 7.88. The van der Waals surface area contributed by atoms with Crippen LogP contribution in [-0.4, -0.2) is 25.2 Å². The normalized spacial score (nSPS) is 16.3. The summed E-state index contributed by atoms with van der Waals surface area (Å²) < 4.78 is 5.37. The number of rotatable bonds is 3. The van der Waals surface area contributed by atoms with Crippen LogP contribution in [0.25, 0.3) is 0 Å². The Morgan fingerprint density at radius 3 is 2.83 bits per heavy atom. The lowest BCUT2D eigenvalue weighted by atomic mass is 10.1. The molecule has 2 rings (SSSR count). The van der Waals surface area contributed by atoms with E-state index in [9.17, 15) is 4.79 Å². The zero-order valence-electron chi connectivity index (χ0n) is 10.7. The van der Waals surface area contributed by atoms with E-state index in [0.29, 0.717) is 5.75 Å². The van der Waals surface area contributed by atoms with Gasteiger partial charge in [-0.2, -0.15) is 0 Å². The van der Waals surface area contributed by atoms with Crippen molar-refractivity contribution in [2.24, 2.45) is 0 Å². The number of hydrogen-bond acceptors (Lipinski definition) is 3. The maximum atomic E-state index is 11.8. The average Bonchev–Trinajstić information content (AvgIpc) is 2.40. The number of amides is 1. The number of carbonyl (C=O) groups excluding carboxylic acids is 1. The lowest BCUT2D eigenvalue weighted by Gasteiger charge is -2.23. The van der Waals surface area contributed by atoms with Gasteiger partial charge in [0.05, 0.1) is 0 Å². The molecule has 1 aromatic carbocycles. The van der Waals surface area contributed by atoms with Gasteiger partial charge in [0.15, 0.2) is 0 Å². The molecule has 0 bridgehead atoms. The van der Waals surface area contributed by atoms with E-state index in [-0.39, 0.29) is 12.1 Å². The lowest BCUT2D eigenvalue weighted by Crippen LogP contribution is -2.43. The SMILES string of the molecule is CCc1ccccc1OC(=O)NC1CCNCC1. The first-order chi connectivity index (χ1) is 8.79. The largest absolute Gasteiger partial charge is 0.412 e. The molecular weight excluding hydrogens is 228 g/mol. The Bertz CT molecular complexity index is 401. The van der Waals surface area contributed by atoms with Crippen LogP contribution in [-0.2, 0) is 6.42 Å². The average molecular weight is 248 g/mol. The quantitative estimate of drug-likeness (QED) is 0.861. The van der Waals surface area contributed by atoms with Gasteiger partial charge < -0.3 is 15.4 Å².